The fourth-order valence-corrected chi connectivity index (χ4v) is 3.28. The summed E-state index contributed by atoms with van der Waals surface area (Å²) in [6, 6.07) is 2.12. The van der Waals surface area contributed by atoms with E-state index in [1.807, 2.05) is 20.8 Å². The minimum Gasteiger partial charge on any atom is -0.355 e. The molecule has 0 spiro atoms. The van der Waals surface area contributed by atoms with Crippen molar-refractivity contribution in [2.45, 2.75) is 39.0 Å². The molecule has 0 fully saturated rings. The van der Waals surface area contributed by atoms with Crippen LogP contribution < -0.4 is 10.6 Å². The van der Waals surface area contributed by atoms with E-state index in [-0.39, 0.29) is 4.75 Å². The smallest absolute Gasteiger partial charge is 0.191 e. The van der Waals surface area contributed by atoms with Gasteiger partial charge in [0.05, 0.1) is 6.54 Å². The normalized spacial score (nSPS) is 14.2. The van der Waals surface area contributed by atoms with Gasteiger partial charge >= 0.3 is 0 Å². The van der Waals surface area contributed by atoms with Crippen LogP contribution in [0.5, 0.6) is 0 Å². The van der Waals surface area contributed by atoms with Crippen LogP contribution in [0.3, 0.4) is 0 Å². The van der Waals surface area contributed by atoms with Gasteiger partial charge in [-0.1, -0.05) is 0 Å². The fraction of sp³-hybridized carbons (Fsp3) is 0.643. The van der Waals surface area contributed by atoms with Crippen LogP contribution in [0, 0.1) is 6.92 Å². The number of aryl methyl sites for hydroxylation is 1. The quantitative estimate of drug-likeness (QED) is 0.647. The Bertz CT molecular complexity index is 475. The van der Waals surface area contributed by atoms with Crippen molar-refractivity contribution < 1.29 is 4.21 Å². The summed E-state index contributed by atoms with van der Waals surface area (Å²) in [7, 11) is 0.911. The molecule has 0 amide bonds. The maximum atomic E-state index is 11.9. The van der Waals surface area contributed by atoms with Crippen LogP contribution in [-0.4, -0.2) is 34.3 Å². The second-order valence-electron chi connectivity index (χ2n) is 5.54. The molecule has 1 aromatic heterocycles. The molecule has 0 aromatic carbocycles. The van der Waals surface area contributed by atoms with Gasteiger partial charge in [0.15, 0.2) is 5.96 Å². The van der Waals surface area contributed by atoms with Gasteiger partial charge in [-0.15, -0.1) is 11.3 Å². The summed E-state index contributed by atoms with van der Waals surface area (Å²) >= 11 is 1.74. The molecule has 2 N–H and O–H groups in total. The first kappa shape index (κ1) is 17.2. The number of rotatable bonds is 5. The predicted octanol–water partition coefficient (Wildman–Crippen LogP) is 2.27. The van der Waals surface area contributed by atoms with Gasteiger partial charge < -0.3 is 10.6 Å². The second-order valence-corrected chi connectivity index (χ2v) is 8.87. The van der Waals surface area contributed by atoms with Gasteiger partial charge in [0.25, 0.3) is 0 Å². The zero-order valence-electron chi connectivity index (χ0n) is 12.9. The van der Waals surface area contributed by atoms with Crippen molar-refractivity contribution in [1.29, 1.82) is 0 Å². The first-order valence-electron chi connectivity index (χ1n) is 6.70. The second kappa shape index (κ2) is 7.78. The maximum absolute atomic E-state index is 11.9. The van der Waals surface area contributed by atoms with Crippen molar-refractivity contribution in [2.24, 2.45) is 4.99 Å². The molecule has 0 saturated carbocycles. The molecule has 0 aliphatic heterocycles. The number of nitrogens with one attached hydrogen (secondary N) is 2. The Morgan fingerprint density at radius 2 is 2.10 bits per heavy atom. The largest absolute Gasteiger partial charge is 0.355 e. The van der Waals surface area contributed by atoms with Gasteiger partial charge in [-0.2, -0.15) is 0 Å². The predicted molar refractivity (Wildman–Crippen MR) is 90.0 cm³/mol. The van der Waals surface area contributed by atoms with E-state index in [2.05, 4.69) is 34.0 Å². The molecule has 0 saturated heterocycles. The van der Waals surface area contributed by atoms with Crippen LogP contribution in [0.2, 0.25) is 0 Å². The number of nitrogens with zero attached hydrogens (tertiary/aromatic N) is 1. The van der Waals surface area contributed by atoms with E-state index in [1.54, 1.807) is 18.4 Å². The molecule has 1 unspecified atom stereocenters. The van der Waals surface area contributed by atoms with Crippen LogP contribution in [0.25, 0.3) is 0 Å². The fourth-order valence-electron chi connectivity index (χ4n) is 1.54. The summed E-state index contributed by atoms with van der Waals surface area (Å²) in [6.45, 7) is 9.52. The SMILES string of the molecule is CN=C(NCCS(=O)C(C)(C)C)NCc1sccc1C. The molecule has 0 aliphatic carbocycles. The third-order valence-electron chi connectivity index (χ3n) is 2.87. The lowest BCUT2D eigenvalue weighted by molar-refractivity contribution is 0.647. The molecular weight excluding hydrogens is 290 g/mol. The first-order chi connectivity index (χ1) is 9.34. The van der Waals surface area contributed by atoms with Crippen molar-refractivity contribution in [3.8, 4) is 0 Å². The van der Waals surface area contributed by atoms with Crippen molar-refractivity contribution in [2.75, 3.05) is 19.3 Å². The van der Waals surface area contributed by atoms with E-state index in [0.29, 0.717) is 12.3 Å². The van der Waals surface area contributed by atoms with Crippen molar-refractivity contribution in [1.82, 2.24) is 10.6 Å². The van der Waals surface area contributed by atoms with E-state index < -0.39 is 10.8 Å². The van der Waals surface area contributed by atoms with Crippen molar-refractivity contribution in [3.63, 3.8) is 0 Å². The summed E-state index contributed by atoms with van der Waals surface area (Å²) in [4.78, 5) is 5.49. The number of hydrogen-bond donors (Lipinski definition) is 2. The molecule has 6 heteroatoms. The van der Waals surface area contributed by atoms with E-state index in [9.17, 15) is 4.21 Å². The monoisotopic (exact) mass is 315 g/mol. The van der Waals surface area contributed by atoms with Gasteiger partial charge in [0, 0.05) is 39.8 Å². The molecule has 0 radical (unpaired) electrons. The summed E-state index contributed by atoms with van der Waals surface area (Å²) in [6.07, 6.45) is 0. The summed E-state index contributed by atoms with van der Waals surface area (Å²) in [5.41, 5.74) is 1.30. The number of thiophene rings is 1. The number of aliphatic imine (C=N–C) groups is 1. The Labute approximate surface area is 128 Å². The highest BCUT2D eigenvalue weighted by Crippen LogP contribution is 2.14. The highest BCUT2D eigenvalue weighted by atomic mass is 32.2. The Balaban J connectivity index is 2.34. The molecular formula is C14H25N3OS2. The van der Waals surface area contributed by atoms with Gasteiger partial charge in [-0.3, -0.25) is 9.20 Å². The molecule has 114 valence electrons. The van der Waals surface area contributed by atoms with E-state index in [4.69, 9.17) is 0 Å². The van der Waals surface area contributed by atoms with E-state index in [0.717, 1.165) is 12.5 Å². The molecule has 0 bridgehead atoms. The minimum atomic E-state index is -0.836. The maximum Gasteiger partial charge on any atom is 0.191 e. The summed E-state index contributed by atoms with van der Waals surface area (Å²) in [5.74, 6) is 1.38. The van der Waals surface area contributed by atoms with Gasteiger partial charge in [-0.25, -0.2) is 0 Å². The lowest BCUT2D eigenvalue weighted by Gasteiger charge is -2.18. The summed E-state index contributed by atoms with van der Waals surface area (Å²) in [5, 5.41) is 8.57. The van der Waals surface area contributed by atoms with Gasteiger partial charge in [0.1, 0.15) is 0 Å². The highest BCUT2D eigenvalue weighted by Gasteiger charge is 2.18. The number of hydrogen-bond acceptors (Lipinski definition) is 3. The Kier molecular flexibility index (Phi) is 6.68. The van der Waals surface area contributed by atoms with E-state index in [1.165, 1.54) is 10.4 Å². The van der Waals surface area contributed by atoms with Crippen molar-refractivity contribution in [3.05, 3.63) is 21.9 Å². The minimum absolute atomic E-state index is 0.160. The standard InChI is InChI=1S/C14H25N3OS2/c1-11-6-8-19-12(11)10-17-13(15-5)16-7-9-20(18)14(2,3)4/h6,8H,7,9-10H2,1-5H3,(H2,15,16,17). The molecule has 1 rings (SSSR count). The Morgan fingerprint density at radius 3 is 2.60 bits per heavy atom. The Hall–Kier alpha value is -0.880. The zero-order valence-corrected chi connectivity index (χ0v) is 14.6. The molecule has 1 aromatic rings. The lowest BCUT2D eigenvalue weighted by atomic mass is 10.3. The van der Waals surface area contributed by atoms with Crippen LogP contribution in [0.15, 0.2) is 16.4 Å². The lowest BCUT2D eigenvalue weighted by Crippen LogP contribution is -2.40. The summed E-state index contributed by atoms with van der Waals surface area (Å²) < 4.78 is 11.8. The van der Waals surface area contributed by atoms with Crippen LogP contribution in [-0.2, 0) is 17.3 Å². The van der Waals surface area contributed by atoms with Crippen LogP contribution in [0.4, 0.5) is 0 Å². The van der Waals surface area contributed by atoms with Crippen molar-refractivity contribution >= 4 is 28.1 Å². The van der Waals surface area contributed by atoms with Crippen LogP contribution in [0.1, 0.15) is 31.2 Å². The average molecular weight is 316 g/mol. The van der Waals surface area contributed by atoms with E-state index >= 15 is 0 Å². The third kappa shape index (κ3) is 5.63. The average Bonchev–Trinajstić information content (AvgIpc) is 2.77. The van der Waals surface area contributed by atoms with Gasteiger partial charge in [-0.05, 0) is 44.7 Å². The molecule has 4 nitrogen and oxygen atoms in total. The molecule has 0 aliphatic rings. The Morgan fingerprint density at radius 1 is 1.40 bits per heavy atom. The number of guanidine groups is 1. The molecule has 1 heterocycles. The molecule has 1 atom stereocenters. The highest BCUT2D eigenvalue weighted by molar-refractivity contribution is 7.86. The van der Waals surface area contributed by atoms with Gasteiger partial charge in [0.2, 0.25) is 0 Å². The first-order valence-corrected chi connectivity index (χ1v) is 8.90. The topological polar surface area (TPSA) is 53.5 Å². The molecule has 20 heavy (non-hydrogen) atoms. The van der Waals surface area contributed by atoms with Crippen LogP contribution >= 0.6 is 11.3 Å². The zero-order chi connectivity index (χ0) is 15.2. The third-order valence-corrected chi connectivity index (χ3v) is 5.84.